The van der Waals surface area contributed by atoms with Crippen molar-refractivity contribution in [2.24, 2.45) is 0 Å². The SMILES string of the molecule is O=C(Nc1ccc2c(c1)OCCO2)C1COCCO1. The number of hydrogen-bond donors (Lipinski definition) is 1. The standard InChI is InChI=1S/C13H15NO5/c15-13(12-8-16-3-4-19-12)14-9-1-2-10-11(7-9)18-6-5-17-10/h1-2,7,12H,3-6,8H2,(H,14,15). The number of carbonyl (C=O) groups excluding carboxylic acids is 1. The fraction of sp³-hybridized carbons (Fsp3) is 0.462. The predicted molar refractivity (Wildman–Crippen MR) is 66.6 cm³/mol. The van der Waals surface area contributed by atoms with E-state index < -0.39 is 6.10 Å². The lowest BCUT2D eigenvalue weighted by Crippen LogP contribution is -2.39. The Labute approximate surface area is 110 Å². The van der Waals surface area contributed by atoms with Crippen LogP contribution in [0.3, 0.4) is 0 Å². The Morgan fingerprint density at radius 1 is 1.11 bits per heavy atom. The molecule has 1 fully saturated rings. The van der Waals surface area contributed by atoms with Gasteiger partial charge in [-0.1, -0.05) is 0 Å². The van der Waals surface area contributed by atoms with Crippen LogP contribution in [0.5, 0.6) is 11.5 Å². The number of ether oxygens (including phenoxy) is 4. The van der Waals surface area contributed by atoms with Gasteiger partial charge in [0.1, 0.15) is 13.2 Å². The number of amides is 1. The summed E-state index contributed by atoms with van der Waals surface area (Å²) >= 11 is 0. The minimum absolute atomic E-state index is 0.212. The van der Waals surface area contributed by atoms with Crippen molar-refractivity contribution in [1.82, 2.24) is 0 Å². The molecule has 0 aromatic heterocycles. The van der Waals surface area contributed by atoms with Gasteiger partial charge in [0.15, 0.2) is 17.6 Å². The molecule has 2 aliphatic heterocycles. The third-order valence-electron chi connectivity index (χ3n) is 2.92. The van der Waals surface area contributed by atoms with Crippen LogP contribution in [-0.4, -0.2) is 45.0 Å². The van der Waals surface area contributed by atoms with Crippen molar-refractivity contribution in [3.63, 3.8) is 0 Å². The summed E-state index contributed by atoms with van der Waals surface area (Å²) in [6.07, 6.45) is -0.554. The molecule has 6 heteroatoms. The van der Waals surface area contributed by atoms with Gasteiger partial charge in [0.25, 0.3) is 5.91 Å². The van der Waals surface area contributed by atoms with Crippen molar-refractivity contribution in [3.8, 4) is 11.5 Å². The van der Waals surface area contributed by atoms with Crippen molar-refractivity contribution >= 4 is 11.6 Å². The molecule has 1 aromatic rings. The van der Waals surface area contributed by atoms with Crippen LogP contribution in [0.4, 0.5) is 5.69 Å². The quantitative estimate of drug-likeness (QED) is 0.857. The Hall–Kier alpha value is -1.79. The lowest BCUT2D eigenvalue weighted by Gasteiger charge is -2.23. The molecule has 0 spiro atoms. The minimum Gasteiger partial charge on any atom is -0.486 e. The van der Waals surface area contributed by atoms with Gasteiger partial charge in [0, 0.05) is 11.8 Å². The lowest BCUT2D eigenvalue weighted by atomic mass is 10.2. The molecule has 2 aliphatic rings. The summed E-state index contributed by atoms with van der Waals surface area (Å²) in [7, 11) is 0. The van der Waals surface area contributed by atoms with Crippen LogP contribution >= 0.6 is 0 Å². The zero-order valence-electron chi connectivity index (χ0n) is 10.4. The van der Waals surface area contributed by atoms with Crippen LogP contribution < -0.4 is 14.8 Å². The van der Waals surface area contributed by atoms with E-state index in [0.29, 0.717) is 43.6 Å². The number of hydrogen-bond acceptors (Lipinski definition) is 5. The van der Waals surface area contributed by atoms with E-state index in [9.17, 15) is 4.79 Å². The molecule has 0 bridgehead atoms. The summed E-state index contributed by atoms with van der Waals surface area (Å²) in [5, 5.41) is 2.78. The molecule has 102 valence electrons. The Bertz CT molecular complexity index is 470. The second-order valence-electron chi connectivity index (χ2n) is 4.28. The Balaban J connectivity index is 1.67. The van der Waals surface area contributed by atoms with Crippen molar-refractivity contribution in [3.05, 3.63) is 18.2 Å². The highest BCUT2D eigenvalue weighted by Gasteiger charge is 2.23. The highest BCUT2D eigenvalue weighted by atomic mass is 16.6. The summed E-state index contributed by atoms with van der Waals surface area (Å²) in [5.41, 5.74) is 0.656. The van der Waals surface area contributed by atoms with E-state index in [0.717, 1.165) is 0 Å². The molecular formula is C13H15NO5. The first-order valence-electron chi connectivity index (χ1n) is 6.23. The Morgan fingerprint density at radius 3 is 2.74 bits per heavy atom. The molecule has 2 heterocycles. The zero-order valence-corrected chi connectivity index (χ0v) is 10.4. The van der Waals surface area contributed by atoms with Crippen molar-refractivity contribution in [2.45, 2.75) is 6.10 Å². The number of nitrogens with one attached hydrogen (secondary N) is 1. The van der Waals surface area contributed by atoms with E-state index in [1.807, 2.05) is 0 Å². The third kappa shape index (κ3) is 2.80. The number of carbonyl (C=O) groups is 1. The average molecular weight is 265 g/mol. The topological polar surface area (TPSA) is 66.0 Å². The minimum atomic E-state index is -0.554. The summed E-state index contributed by atoms with van der Waals surface area (Å²) < 4.78 is 21.4. The molecule has 1 unspecified atom stereocenters. The van der Waals surface area contributed by atoms with Gasteiger partial charge in [0.2, 0.25) is 0 Å². The van der Waals surface area contributed by atoms with E-state index >= 15 is 0 Å². The fourth-order valence-electron chi connectivity index (χ4n) is 1.98. The number of benzene rings is 1. The maximum Gasteiger partial charge on any atom is 0.255 e. The van der Waals surface area contributed by atoms with Crippen molar-refractivity contribution in [2.75, 3.05) is 38.4 Å². The first-order chi connectivity index (χ1) is 9.33. The second-order valence-corrected chi connectivity index (χ2v) is 4.28. The smallest absolute Gasteiger partial charge is 0.255 e. The molecule has 0 aliphatic carbocycles. The van der Waals surface area contributed by atoms with Crippen LogP contribution in [0.2, 0.25) is 0 Å². The van der Waals surface area contributed by atoms with Crippen molar-refractivity contribution < 1.29 is 23.7 Å². The molecule has 1 amide bonds. The van der Waals surface area contributed by atoms with Gasteiger partial charge in [-0.2, -0.15) is 0 Å². The number of fused-ring (bicyclic) bond motifs is 1. The molecule has 1 saturated heterocycles. The monoisotopic (exact) mass is 265 g/mol. The van der Waals surface area contributed by atoms with Gasteiger partial charge in [-0.3, -0.25) is 4.79 Å². The zero-order chi connectivity index (χ0) is 13.1. The van der Waals surface area contributed by atoms with Crippen LogP contribution in [-0.2, 0) is 14.3 Å². The summed E-state index contributed by atoms with van der Waals surface area (Å²) in [6, 6.07) is 5.30. The van der Waals surface area contributed by atoms with Gasteiger partial charge in [0.05, 0.1) is 19.8 Å². The average Bonchev–Trinajstić information content (AvgIpc) is 2.48. The largest absolute Gasteiger partial charge is 0.486 e. The van der Waals surface area contributed by atoms with E-state index in [4.69, 9.17) is 18.9 Å². The maximum atomic E-state index is 11.9. The number of anilines is 1. The third-order valence-corrected chi connectivity index (χ3v) is 2.92. The maximum absolute atomic E-state index is 11.9. The Morgan fingerprint density at radius 2 is 1.95 bits per heavy atom. The van der Waals surface area contributed by atoms with Crippen LogP contribution in [0.25, 0.3) is 0 Å². The summed E-state index contributed by atoms with van der Waals surface area (Å²) in [6.45, 7) is 2.33. The second kappa shape index (κ2) is 5.46. The van der Waals surface area contributed by atoms with Crippen LogP contribution in [0.15, 0.2) is 18.2 Å². The molecule has 1 atom stereocenters. The van der Waals surface area contributed by atoms with E-state index in [1.54, 1.807) is 18.2 Å². The van der Waals surface area contributed by atoms with Gasteiger partial charge in [-0.15, -0.1) is 0 Å². The summed E-state index contributed by atoms with van der Waals surface area (Å²) in [4.78, 5) is 11.9. The molecule has 0 saturated carbocycles. The summed E-state index contributed by atoms with van der Waals surface area (Å²) in [5.74, 6) is 1.13. The lowest BCUT2D eigenvalue weighted by molar-refractivity contribution is -0.142. The van der Waals surface area contributed by atoms with E-state index in [2.05, 4.69) is 5.32 Å². The van der Waals surface area contributed by atoms with Crippen LogP contribution in [0, 0.1) is 0 Å². The predicted octanol–water partition coefficient (Wildman–Crippen LogP) is 0.812. The molecule has 1 aromatic carbocycles. The first kappa shape index (κ1) is 12.3. The van der Waals surface area contributed by atoms with Gasteiger partial charge in [-0.25, -0.2) is 0 Å². The van der Waals surface area contributed by atoms with Crippen molar-refractivity contribution in [1.29, 1.82) is 0 Å². The molecule has 0 radical (unpaired) electrons. The first-order valence-corrected chi connectivity index (χ1v) is 6.23. The molecule has 6 nitrogen and oxygen atoms in total. The molecule has 19 heavy (non-hydrogen) atoms. The highest BCUT2D eigenvalue weighted by Crippen LogP contribution is 2.32. The van der Waals surface area contributed by atoms with E-state index in [1.165, 1.54) is 0 Å². The van der Waals surface area contributed by atoms with Gasteiger partial charge < -0.3 is 24.3 Å². The van der Waals surface area contributed by atoms with Gasteiger partial charge >= 0.3 is 0 Å². The molecule has 1 N–H and O–H groups in total. The van der Waals surface area contributed by atoms with Gasteiger partial charge in [-0.05, 0) is 12.1 Å². The molecule has 3 rings (SSSR count). The fourth-order valence-corrected chi connectivity index (χ4v) is 1.98. The molecular weight excluding hydrogens is 250 g/mol. The highest BCUT2D eigenvalue weighted by molar-refractivity contribution is 5.94. The number of rotatable bonds is 2. The normalized spacial score (nSPS) is 21.8. The van der Waals surface area contributed by atoms with Crippen LogP contribution in [0.1, 0.15) is 0 Å². The van der Waals surface area contributed by atoms with E-state index in [-0.39, 0.29) is 12.5 Å². The Kier molecular flexibility index (Phi) is 3.52.